The molecular formula is C10H15ClN2O. The van der Waals surface area contributed by atoms with Crippen LogP contribution in [0.15, 0.2) is 24.3 Å². The van der Waals surface area contributed by atoms with Crippen molar-refractivity contribution in [2.45, 2.75) is 12.6 Å². The fourth-order valence-electron chi connectivity index (χ4n) is 1.07. The maximum Gasteiger partial charge on any atom is 0.0786 e. The topological polar surface area (TPSA) is 58.3 Å². The lowest BCUT2D eigenvalue weighted by atomic mass is 10.2. The van der Waals surface area contributed by atoms with Crippen LogP contribution in [-0.2, 0) is 6.54 Å². The Morgan fingerprint density at radius 2 is 2.00 bits per heavy atom. The van der Waals surface area contributed by atoms with Crippen molar-refractivity contribution in [1.82, 2.24) is 5.32 Å². The van der Waals surface area contributed by atoms with E-state index < -0.39 is 6.10 Å². The van der Waals surface area contributed by atoms with E-state index in [9.17, 15) is 5.11 Å². The highest BCUT2D eigenvalue weighted by Crippen LogP contribution is 2.08. The number of nitrogens with two attached hydrogens (primary N) is 1. The van der Waals surface area contributed by atoms with Gasteiger partial charge >= 0.3 is 0 Å². The minimum absolute atomic E-state index is 0.285. The summed E-state index contributed by atoms with van der Waals surface area (Å²) in [6.07, 6.45) is -0.470. The van der Waals surface area contributed by atoms with E-state index in [0.29, 0.717) is 13.1 Å². The highest BCUT2D eigenvalue weighted by molar-refractivity contribution is 6.30. The number of nitrogens with one attached hydrogen (secondary N) is 1. The molecule has 0 heterocycles. The second-order valence-corrected chi connectivity index (χ2v) is 3.58. The molecule has 0 radical (unpaired) electrons. The van der Waals surface area contributed by atoms with Crippen molar-refractivity contribution in [3.8, 4) is 0 Å². The molecule has 1 aromatic carbocycles. The van der Waals surface area contributed by atoms with Gasteiger partial charge in [-0.15, -0.1) is 0 Å². The third kappa shape index (κ3) is 4.07. The number of benzene rings is 1. The molecule has 78 valence electrons. The van der Waals surface area contributed by atoms with Crippen molar-refractivity contribution in [3.05, 3.63) is 34.9 Å². The zero-order valence-electron chi connectivity index (χ0n) is 7.91. The zero-order chi connectivity index (χ0) is 10.4. The SMILES string of the molecule is NCC(O)CNCc1ccc(Cl)cc1. The molecule has 0 aliphatic heterocycles. The zero-order valence-corrected chi connectivity index (χ0v) is 8.67. The minimum Gasteiger partial charge on any atom is -0.390 e. The summed E-state index contributed by atoms with van der Waals surface area (Å²) in [6.45, 7) is 1.51. The Morgan fingerprint density at radius 3 is 2.57 bits per heavy atom. The molecular weight excluding hydrogens is 200 g/mol. The molecule has 3 nitrogen and oxygen atoms in total. The fourth-order valence-corrected chi connectivity index (χ4v) is 1.19. The van der Waals surface area contributed by atoms with Crippen molar-refractivity contribution < 1.29 is 5.11 Å². The van der Waals surface area contributed by atoms with Gasteiger partial charge in [-0.05, 0) is 17.7 Å². The summed E-state index contributed by atoms with van der Waals surface area (Å²) in [5.41, 5.74) is 6.40. The molecule has 0 spiro atoms. The molecule has 0 saturated carbocycles. The summed E-state index contributed by atoms with van der Waals surface area (Å²) in [6, 6.07) is 7.59. The average Bonchev–Trinajstić information content (AvgIpc) is 2.21. The van der Waals surface area contributed by atoms with E-state index in [1.165, 1.54) is 0 Å². The summed E-state index contributed by atoms with van der Waals surface area (Å²) in [7, 11) is 0. The summed E-state index contributed by atoms with van der Waals surface area (Å²) < 4.78 is 0. The molecule has 4 N–H and O–H groups in total. The van der Waals surface area contributed by atoms with Gasteiger partial charge in [-0.3, -0.25) is 0 Å². The van der Waals surface area contributed by atoms with Gasteiger partial charge in [0.1, 0.15) is 0 Å². The molecule has 0 bridgehead atoms. The van der Waals surface area contributed by atoms with Gasteiger partial charge in [-0.2, -0.15) is 0 Å². The Balaban J connectivity index is 2.28. The van der Waals surface area contributed by atoms with Gasteiger partial charge in [0.15, 0.2) is 0 Å². The minimum atomic E-state index is -0.470. The predicted octanol–water partition coefficient (Wildman–Crippen LogP) is 0.749. The van der Waals surface area contributed by atoms with Gasteiger partial charge in [0.05, 0.1) is 6.10 Å². The number of aliphatic hydroxyl groups excluding tert-OH is 1. The summed E-state index contributed by atoms with van der Waals surface area (Å²) >= 11 is 5.74. The second-order valence-electron chi connectivity index (χ2n) is 3.15. The number of aliphatic hydroxyl groups is 1. The Labute approximate surface area is 88.9 Å². The molecule has 1 unspecified atom stereocenters. The summed E-state index contributed by atoms with van der Waals surface area (Å²) in [5, 5.41) is 13.0. The van der Waals surface area contributed by atoms with Crippen molar-refractivity contribution >= 4 is 11.6 Å². The first kappa shape index (κ1) is 11.5. The van der Waals surface area contributed by atoms with Crippen molar-refractivity contribution in [2.24, 2.45) is 5.73 Å². The highest BCUT2D eigenvalue weighted by atomic mass is 35.5. The van der Waals surface area contributed by atoms with Gasteiger partial charge in [0, 0.05) is 24.7 Å². The average molecular weight is 215 g/mol. The molecule has 0 amide bonds. The number of hydrogen-bond donors (Lipinski definition) is 3. The van der Waals surface area contributed by atoms with Crippen LogP contribution in [0.1, 0.15) is 5.56 Å². The molecule has 4 heteroatoms. The Hall–Kier alpha value is -0.610. The van der Waals surface area contributed by atoms with Crippen molar-refractivity contribution in [2.75, 3.05) is 13.1 Å². The molecule has 0 aliphatic carbocycles. The van der Waals surface area contributed by atoms with E-state index in [1.54, 1.807) is 0 Å². The van der Waals surface area contributed by atoms with Crippen LogP contribution in [0.25, 0.3) is 0 Å². The Bertz CT molecular complexity index is 263. The molecule has 0 aliphatic rings. The Morgan fingerprint density at radius 1 is 1.36 bits per heavy atom. The molecule has 0 saturated heterocycles. The van der Waals surface area contributed by atoms with Gasteiger partial charge < -0.3 is 16.2 Å². The first-order valence-electron chi connectivity index (χ1n) is 4.55. The predicted molar refractivity (Wildman–Crippen MR) is 58.2 cm³/mol. The van der Waals surface area contributed by atoms with E-state index in [0.717, 1.165) is 10.6 Å². The third-order valence-electron chi connectivity index (χ3n) is 1.89. The monoisotopic (exact) mass is 214 g/mol. The third-order valence-corrected chi connectivity index (χ3v) is 2.15. The summed E-state index contributed by atoms with van der Waals surface area (Å²) in [5.74, 6) is 0. The first-order valence-corrected chi connectivity index (χ1v) is 4.93. The van der Waals surface area contributed by atoms with Gasteiger partial charge in [-0.1, -0.05) is 23.7 Å². The lowest BCUT2D eigenvalue weighted by molar-refractivity contribution is 0.179. The molecule has 0 fully saturated rings. The fraction of sp³-hybridized carbons (Fsp3) is 0.400. The highest BCUT2D eigenvalue weighted by Gasteiger charge is 1.99. The Kier molecular flexibility index (Phi) is 4.90. The number of hydrogen-bond acceptors (Lipinski definition) is 3. The largest absolute Gasteiger partial charge is 0.390 e. The molecule has 1 rings (SSSR count). The lowest BCUT2D eigenvalue weighted by Gasteiger charge is -2.09. The van der Waals surface area contributed by atoms with Crippen molar-refractivity contribution in [3.63, 3.8) is 0 Å². The van der Waals surface area contributed by atoms with Crippen LogP contribution in [0.5, 0.6) is 0 Å². The van der Waals surface area contributed by atoms with Crippen LogP contribution >= 0.6 is 11.6 Å². The van der Waals surface area contributed by atoms with Gasteiger partial charge in [0.2, 0.25) is 0 Å². The van der Waals surface area contributed by atoms with Crippen LogP contribution in [0.3, 0.4) is 0 Å². The van der Waals surface area contributed by atoms with Crippen molar-refractivity contribution in [1.29, 1.82) is 0 Å². The smallest absolute Gasteiger partial charge is 0.0786 e. The van der Waals surface area contributed by atoms with Crippen LogP contribution in [0.2, 0.25) is 5.02 Å². The normalized spacial score (nSPS) is 12.8. The van der Waals surface area contributed by atoms with Crippen LogP contribution in [0, 0.1) is 0 Å². The quantitative estimate of drug-likeness (QED) is 0.678. The van der Waals surface area contributed by atoms with E-state index in [1.807, 2.05) is 24.3 Å². The van der Waals surface area contributed by atoms with E-state index >= 15 is 0 Å². The van der Waals surface area contributed by atoms with E-state index in [4.69, 9.17) is 17.3 Å². The maximum atomic E-state index is 9.17. The molecule has 14 heavy (non-hydrogen) atoms. The molecule has 0 aromatic heterocycles. The van der Waals surface area contributed by atoms with E-state index in [2.05, 4.69) is 5.32 Å². The molecule has 1 aromatic rings. The van der Waals surface area contributed by atoms with Gasteiger partial charge in [-0.25, -0.2) is 0 Å². The first-order chi connectivity index (χ1) is 6.72. The lowest BCUT2D eigenvalue weighted by Crippen LogP contribution is -2.32. The van der Waals surface area contributed by atoms with Crippen LogP contribution in [-0.4, -0.2) is 24.3 Å². The van der Waals surface area contributed by atoms with E-state index in [-0.39, 0.29) is 6.54 Å². The van der Waals surface area contributed by atoms with Crippen LogP contribution in [0.4, 0.5) is 0 Å². The van der Waals surface area contributed by atoms with Gasteiger partial charge in [0.25, 0.3) is 0 Å². The standard InChI is InChI=1S/C10H15ClN2O/c11-9-3-1-8(2-4-9)6-13-7-10(14)5-12/h1-4,10,13-14H,5-7,12H2. The molecule has 1 atom stereocenters. The number of rotatable bonds is 5. The number of halogens is 1. The van der Waals surface area contributed by atoms with Crippen LogP contribution < -0.4 is 11.1 Å². The summed E-state index contributed by atoms with van der Waals surface area (Å²) in [4.78, 5) is 0. The maximum absolute atomic E-state index is 9.17. The second kappa shape index (κ2) is 5.98.